The second-order valence-corrected chi connectivity index (χ2v) is 10.7. The molecule has 2 heterocycles. The lowest BCUT2D eigenvalue weighted by molar-refractivity contribution is 0.619. The lowest BCUT2D eigenvalue weighted by atomic mass is 10.0. The predicted molar refractivity (Wildman–Crippen MR) is 137 cm³/mol. The Morgan fingerprint density at radius 2 is 1.82 bits per heavy atom. The van der Waals surface area contributed by atoms with Crippen LogP contribution in [0.4, 0.5) is 10.8 Å². The summed E-state index contributed by atoms with van der Waals surface area (Å²) in [4.78, 5) is 9.80. The van der Waals surface area contributed by atoms with Crippen molar-refractivity contribution < 1.29 is 8.42 Å². The normalized spacial score (nSPS) is 14.4. The minimum atomic E-state index is -2.67. The van der Waals surface area contributed by atoms with Gasteiger partial charge in [-0.1, -0.05) is 36.4 Å². The van der Waals surface area contributed by atoms with Crippen LogP contribution in [0.1, 0.15) is 46.6 Å². The number of thiol groups is 1. The van der Waals surface area contributed by atoms with Gasteiger partial charge < -0.3 is 5.32 Å². The van der Waals surface area contributed by atoms with E-state index in [4.69, 9.17) is 9.97 Å². The van der Waals surface area contributed by atoms with Gasteiger partial charge in [-0.2, -0.15) is 0 Å². The highest BCUT2D eigenvalue weighted by Gasteiger charge is 2.28. The van der Waals surface area contributed by atoms with Crippen LogP contribution in [0.3, 0.4) is 0 Å². The molecular weight excluding hydrogens is 472 g/mol. The predicted octanol–water partition coefficient (Wildman–Crippen LogP) is 5.79. The quantitative estimate of drug-likeness (QED) is 0.256. The Bertz CT molecular complexity index is 1320. The number of nitrogens with zero attached hydrogens (tertiary/aromatic N) is 2. The van der Waals surface area contributed by atoms with Crippen molar-refractivity contribution in [1.82, 2.24) is 9.97 Å². The summed E-state index contributed by atoms with van der Waals surface area (Å²) in [6.07, 6.45) is 3.18. The summed E-state index contributed by atoms with van der Waals surface area (Å²) in [6.45, 7) is 2.10. The third-order valence-electron chi connectivity index (χ3n) is 5.66. The number of nitrogens with one attached hydrogen (secondary N) is 2. The second kappa shape index (κ2) is 9.62. The number of hydrogen-bond acceptors (Lipinski definition) is 7. The molecule has 4 aromatic rings. The van der Waals surface area contributed by atoms with Gasteiger partial charge in [0.15, 0.2) is 5.13 Å². The van der Waals surface area contributed by atoms with Gasteiger partial charge in [-0.3, -0.25) is 4.72 Å². The number of anilines is 2. The summed E-state index contributed by atoms with van der Waals surface area (Å²) >= 11 is 3.33. The van der Waals surface area contributed by atoms with E-state index in [1.807, 2.05) is 24.3 Å². The summed E-state index contributed by atoms with van der Waals surface area (Å²) in [5.41, 5.74) is 6.00. The second-order valence-electron chi connectivity index (χ2n) is 8.20. The van der Waals surface area contributed by atoms with Crippen molar-refractivity contribution >= 4 is 44.4 Å². The molecule has 2 aromatic carbocycles. The van der Waals surface area contributed by atoms with E-state index >= 15 is 0 Å². The van der Waals surface area contributed by atoms with Gasteiger partial charge in [0, 0.05) is 27.9 Å². The SMILES string of the molecule is Cc1ccccc1-c1csc(N[C@@H](Cc2ccc(N[SH](=O)=O)cc2)c2csc(C3CC3)n2)n1. The van der Waals surface area contributed by atoms with Crippen LogP contribution in [0.5, 0.6) is 0 Å². The minimum absolute atomic E-state index is 0.0282. The number of thiazole rings is 2. The zero-order valence-electron chi connectivity index (χ0n) is 18.0. The van der Waals surface area contributed by atoms with Crippen LogP contribution < -0.4 is 10.0 Å². The molecule has 1 saturated carbocycles. The first kappa shape index (κ1) is 22.1. The van der Waals surface area contributed by atoms with Gasteiger partial charge in [0.2, 0.25) is 10.9 Å². The molecule has 0 aliphatic heterocycles. The zero-order valence-corrected chi connectivity index (χ0v) is 20.6. The lowest BCUT2D eigenvalue weighted by Crippen LogP contribution is -2.14. The topological polar surface area (TPSA) is 84.0 Å². The van der Waals surface area contributed by atoms with Gasteiger partial charge in [0.25, 0.3) is 0 Å². The van der Waals surface area contributed by atoms with Crippen molar-refractivity contribution in [2.24, 2.45) is 0 Å². The van der Waals surface area contributed by atoms with Crippen LogP contribution >= 0.6 is 22.7 Å². The first-order chi connectivity index (χ1) is 16.0. The Balaban J connectivity index is 1.39. The summed E-state index contributed by atoms with van der Waals surface area (Å²) in [7, 11) is -2.67. The summed E-state index contributed by atoms with van der Waals surface area (Å²) in [5.74, 6) is 0.622. The Kier molecular flexibility index (Phi) is 6.43. The van der Waals surface area contributed by atoms with Crippen LogP contribution in [-0.2, 0) is 17.3 Å². The maximum Gasteiger partial charge on any atom is 0.222 e. The largest absolute Gasteiger partial charge is 0.353 e. The highest BCUT2D eigenvalue weighted by molar-refractivity contribution is 7.73. The molecule has 6 nitrogen and oxygen atoms in total. The molecule has 5 rings (SSSR count). The average Bonchev–Trinajstić information content (AvgIpc) is 3.34. The van der Waals surface area contributed by atoms with Crippen molar-refractivity contribution in [2.75, 3.05) is 10.0 Å². The number of rotatable bonds is 9. The van der Waals surface area contributed by atoms with Crippen LogP contribution in [-0.4, -0.2) is 18.4 Å². The molecule has 1 fully saturated rings. The fourth-order valence-electron chi connectivity index (χ4n) is 3.74. The van der Waals surface area contributed by atoms with Crippen LogP contribution in [0.25, 0.3) is 11.3 Å². The molecular formula is C24H24N4O2S3. The van der Waals surface area contributed by atoms with Crippen molar-refractivity contribution in [3.05, 3.63) is 81.1 Å². The summed E-state index contributed by atoms with van der Waals surface area (Å²) < 4.78 is 24.2. The number of hydrogen-bond donors (Lipinski definition) is 3. The summed E-state index contributed by atoms with van der Waals surface area (Å²) in [5, 5.41) is 9.93. The summed E-state index contributed by atoms with van der Waals surface area (Å²) in [6, 6.07) is 15.7. The molecule has 0 radical (unpaired) electrons. The minimum Gasteiger partial charge on any atom is -0.353 e. The maximum atomic E-state index is 10.9. The van der Waals surface area contributed by atoms with Crippen LogP contribution in [0, 0.1) is 6.92 Å². The van der Waals surface area contributed by atoms with Crippen LogP contribution in [0.2, 0.25) is 0 Å². The molecule has 2 aromatic heterocycles. The number of benzene rings is 2. The van der Waals surface area contributed by atoms with E-state index in [1.54, 1.807) is 34.8 Å². The number of aromatic nitrogens is 2. The van der Waals surface area contributed by atoms with Crippen molar-refractivity contribution in [2.45, 2.75) is 38.1 Å². The molecule has 170 valence electrons. The number of aryl methyl sites for hydroxylation is 1. The molecule has 2 N–H and O–H groups in total. The fraction of sp³-hybridized carbons (Fsp3) is 0.250. The Morgan fingerprint density at radius 1 is 1.03 bits per heavy atom. The Morgan fingerprint density at radius 3 is 2.55 bits per heavy atom. The smallest absolute Gasteiger partial charge is 0.222 e. The Labute approximate surface area is 202 Å². The van der Waals surface area contributed by atoms with Gasteiger partial charge in [-0.25, -0.2) is 18.4 Å². The Hall–Kier alpha value is -2.75. The fourth-order valence-corrected chi connectivity index (χ4v) is 5.91. The van der Waals surface area contributed by atoms with Crippen molar-refractivity contribution in [3.8, 4) is 11.3 Å². The van der Waals surface area contributed by atoms with Crippen molar-refractivity contribution in [3.63, 3.8) is 0 Å². The first-order valence-electron chi connectivity index (χ1n) is 10.8. The van der Waals surface area contributed by atoms with Gasteiger partial charge >= 0.3 is 0 Å². The van der Waals surface area contributed by atoms with E-state index in [9.17, 15) is 8.42 Å². The first-order valence-corrected chi connectivity index (χ1v) is 13.7. The zero-order chi connectivity index (χ0) is 22.8. The highest BCUT2D eigenvalue weighted by atomic mass is 32.2. The highest BCUT2D eigenvalue weighted by Crippen LogP contribution is 2.42. The van der Waals surface area contributed by atoms with Gasteiger partial charge in [-0.15, -0.1) is 22.7 Å². The van der Waals surface area contributed by atoms with E-state index in [0.717, 1.165) is 34.1 Å². The molecule has 33 heavy (non-hydrogen) atoms. The molecule has 1 aliphatic carbocycles. The van der Waals surface area contributed by atoms with Gasteiger partial charge in [-0.05, 0) is 49.4 Å². The molecule has 0 spiro atoms. The van der Waals surface area contributed by atoms with E-state index in [1.165, 1.54) is 23.4 Å². The maximum absolute atomic E-state index is 10.9. The molecule has 0 bridgehead atoms. The molecule has 1 aliphatic rings. The van der Waals surface area contributed by atoms with E-state index in [0.29, 0.717) is 11.6 Å². The third kappa shape index (κ3) is 5.43. The molecule has 0 unspecified atom stereocenters. The van der Waals surface area contributed by atoms with Gasteiger partial charge in [0.1, 0.15) is 0 Å². The van der Waals surface area contributed by atoms with Crippen LogP contribution in [0.15, 0.2) is 59.3 Å². The standard InChI is InChI=1S/C24H24N4O2S3/c1-15-4-2-3-5-19(15)21-13-32-24(27-21)26-20(22-14-31-23(25-22)17-8-9-17)12-16-6-10-18(11-7-16)28-33(29)30/h2-7,10-11,13-14,17,20,33H,8-9,12H2,1H3,(H,26,27)(H,28,29,30)/t20-/m0/s1. The van der Waals surface area contributed by atoms with Gasteiger partial charge in [0.05, 0.1) is 22.4 Å². The molecule has 1 atom stereocenters. The lowest BCUT2D eigenvalue weighted by Gasteiger charge is -2.17. The van der Waals surface area contributed by atoms with E-state index in [-0.39, 0.29) is 6.04 Å². The monoisotopic (exact) mass is 496 g/mol. The molecule has 0 saturated heterocycles. The van der Waals surface area contributed by atoms with E-state index < -0.39 is 10.9 Å². The van der Waals surface area contributed by atoms with E-state index in [2.05, 4.69) is 39.9 Å². The molecule has 9 heteroatoms. The average molecular weight is 497 g/mol. The van der Waals surface area contributed by atoms with Crippen molar-refractivity contribution in [1.29, 1.82) is 0 Å². The molecule has 0 amide bonds. The third-order valence-corrected chi connectivity index (χ3v) is 7.90.